The Morgan fingerprint density at radius 2 is 1.65 bits per heavy atom. The highest BCUT2D eigenvalue weighted by Crippen LogP contribution is 2.55. The van der Waals surface area contributed by atoms with E-state index in [-0.39, 0.29) is 5.97 Å². The fraction of sp³-hybridized carbons (Fsp3) is 0.650. The topological polar surface area (TPSA) is 38.3 Å². The molecule has 0 heterocycles. The maximum Gasteiger partial charge on any atom is 0.338 e. The van der Waals surface area contributed by atoms with Gasteiger partial charge in [0.25, 0.3) is 0 Å². The lowest BCUT2D eigenvalue weighted by molar-refractivity contribution is -0.0206. The molecule has 0 atom stereocenters. The van der Waals surface area contributed by atoms with Crippen molar-refractivity contribution in [3.8, 4) is 0 Å². The van der Waals surface area contributed by atoms with Crippen molar-refractivity contribution >= 4 is 5.97 Å². The highest BCUT2D eigenvalue weighted by molar-refractivity contribution is 5.89. The van der Waals surface area contributed by atoms with E-state index >= 15 is 0 Å². The molecule has 0 saturated heterocycles. The zero-order valence-electron chi connectivity index (χ0n) is 14.0. The third kappa shape index (κ3) is 3.03. The molecule has 0 unspecified atom stereocenters. The Morgan fingerprint density at radius 1 is 1.09 bits per heavy atom. The predicted octanol–water partition coefficient (Wildman–Crippen LogP) is 3.92. The SMILES string of the molecule is CCOC(=O)c1ccc(CNC23CC4CC(CC(C4)C2)C3)cc1. The quantitative estimate of drug-likeness (QED) is 0.837. The van der Waals surface area contributed by atoms with Crippen molar-refractivity contribution < 1.29 is 9.53 Å². The smallest absolute Gasteiger partial charge is 0.338 e. The second-order valence-electron chi connectivity index (χ2n) is 7.97. The molecule has 3 nitrogen and oxygen atoms in total. The number of ether oxygens (including phenoxy) is 1. The van der Waals surface area contributed by atoms with Gasteiger partial charge in [-0.3, -0.25) is 0 Å². The van der Waals surface area contributed by atoms with Crippen molar-refractivity contribution in [2.24, 2.45) is 17.8 Å². The van der Waals surface area contributed by atoms with E-state index in [1.54, 1.807) is 0 Å². The fourth-order valence-electron chi connectivity index (χ4n) is 5.59. The van der Waals surface area contributed by atoms with E-state index in [0.717, 1.165) is 24.3 Å². The van der Waals surface area contributed by atoms with Crippen molar-refractivity contribution in [3.63, 3.8) is 0 Å². The molecule has 0 radical (unpaired) electrons. The van der Waals surface area contributed by atoms with E-state index < -0.39 is 0 Å². The Balaban J connectivity index is 1.38. The minimum atomic E-state index is -0.229. The highest BCUT2D eigenvalue weighted by atomic mass is 16.5. The molecule has 4 aliphatic rings. The summed E-state index contributed by atoms with van der Waals surface area (Å²) >= 11 is 0. The third-order valence-corrected chi connectivity index (χ3v) is 6.17. The summed E-state index contributed by atoms with van der Waals surface area (Å²) in [5, 5.41) is 3.90. The summed E-state index contributed by atoms with van der Waals surface area (Å²) in [4.78, 5) is 11.7. The van der Waals surface area contributed by atoms with Crippen molar-refractivity contribution in [3.05, 3.63) is 35.4 Å². The van der Waals surface area contributed by atoms with Gasteiger partial charge >= 0.3 is 5.97 Å². The van der Waals surface area contributed by atoms with Gasteiger partial charge in [-0.1, -0.05) is 12.1 Å². The van der Waals surface area contributed by atoms with Crippen LogP contribution in [0.15, 0.2) is 24.3 Å². The van der Waals surface area contributed by atoms with E-state index in [4.69, 9.17) is 4.74 Å². The van der Waals surface area contributed by atoms with Crippen molar-refractivity contribution in [1.82, 2.24) is 5.32 Å². The molecule has 1 aromatic rings. The van der Waals surface area contributed by atoms with Crippen LogP contribution in [-0.2, 0) is 11.3 Å². The van der Waals surface area contributed by atoms with Gasteiger partial charge in [0.1, 0.15) is 0 Å². The molecule has 124 valence electrons. The Bertz CT molecular complexity index is 543. The Kier molecular flexibility index (Phi) is 3.92. The van der Waals surface area contributed by atoms with E-state index in [1.165, 1.54) is 44.1 Å². The monoisotopic (exact) mass is 313 g/mol. The van der Waals surface area contributed by atoms with Gasteiger partial charge < -0.3 is 10.1 Å². The summed E-state index contributed by atoms with van der Waals surface area (Å²) in [5.74, 6) is 2.69. The van der Waals surface area contributed by atoms with Gasteiger partial charge in [-0.25, -0.2) is 4.79 Å². The average molecular weight is 313 g/mol. The Hall–Kier alpha value is -1.35. The molecule has 4 aliphatic carbocycles. The normalized spacial score (nSPS) is 34.6. The van der Waals surface area contributed by atoms with Crippen molar-refractivity contribution in [2.45, 2.75) is 57.5 Å². The van der Waals surface area contributed by atoms with Gasteiger partial charge in [0.2, 0.25) is 0 Å². The van der Waals surface area contributed by atoms with Crippen LogP contribution in [0.5, 0.6) is 0 Å². The second kappa shape index (κ2) is 5.94. The van der Waals surface area contributed by atoms with E-state index in [9.17, 15) is 4.79 Å². The Morgan fingerprint density at radius 3 is 2.17 bits per heavy atom. The van der Waals surface area contributed by atoms with Crippen LogP contribution in [0.2, 0.25) is 0 Å². The van der Waals surface area contributed by atoms with Crippen LogP contribution in [0.25, 0.3) is 0 Å². The molecule has 4 bridgehead atoms. The van der Waals surface area contributed by atoms with Crippen molar-refractivity contribution in [2.75, 3.05) is 6.61 Å². The summed E-state index contributed by atoms with van der Waals surface area (Å²) in [6, 6.07) is 7.88. The van der Waals surface area contributed by atoms with Gasteiger partial charge in [0.15, 0.2) is 0 Å². The first-order valence-electron chi connectivity index (χ1n) is 9.17. The minimum absolute atomic E-state index is 0.229. The lowest BCUT2D eigenvalue weighted by Gasteiger charge is -2.57. The number of nitrogens with one attached hydrogen (secondary N) is 1. The Labute approximate surface area is 138 Å². The van der Waals surface area contributed by atoms with Gasteiger partial charge in [-0.2, -0.15) is 0 Å². The summed E-state index contributed by atoms with van der Waals surface area (Å²) in [6.45, 7) is 3.17. The van der Waals surface area contributed by atoms with Gasteiger partial charge in [-0.05, 0) is 80.9 Å². The maximum absolute atomic E-state index is 11.7. The number of esters is 1. The van der Waals surface area contributed by atoms with Crippen molar-refractivity contribution in [1.29, 1.82) is 0 Å². The van der Waals surface area contributed by atoms with Crippen LogP contribution >= 0.6 is 0 Å². The van der Waals surface area contributed by atoms with Crippen LogP contribution in [-0.4, -0.2) is 18.1 Å². The van der Waals surface area contributed by atoms with Crippen LogP contribution in [0.1, 0.15) is 61.4 Å². The van der Waals surface area contributed by atoms with E-state index in [1.807, 2.05) is 19.1 Å². The molecule has 0 amide bonds. The molecule has 0 aromatic heterocycles. The molecular formula is C20H27NO2. The molecule has 3 heteroatoms. The molecule has 5 rings (SSSR count). The average Bonchev–Trinajstić information content (AvgIpc) is 2.52. The number of carbonyl (C=O) groups is 1. The predicted molar refractivity (Wildman–Crippen MR) is 90.1 cm³/mol. The molecule has 1 N–H and O–H groups in total. The first kappa shape index (κ1) is 15.2. The van der Waals surface area contributed by atoms with Crippen LogP contribution in [0.3, 0.4) is 0 Å². The van der Waals surface area contributed by atoms with Crippen LogP contribution in [0, 0.1) is 17.8 Å². The fourth-order valence-corrected chi connectivity index (χ4v) is 5.59. The molecule has 23 heavy (non-hydrogen) atoms. The maximum atomic E-state index is 11.7. The molecule has 1 aromatic carbocycles. The lowest BCUT2D eigenvalue weighted by atomic mass is 9.53. The molecule has 4 fully saturated rings. The first-order valence-corrected chi connectivity index (χ1v) is 9.17. The zero-order chi connectivity index (χ0) is 15.9. The molecule has 0 aliphatic heterocycles. The number of hydrogen-bond donors (Lipinski definition) is 1. The summed E-state index contributed by atoms with van der Waals surface area (Å²) in [6.07, 6.45) is 8.57. The number of carbonyl (C=O) groups excluding carboxylic acids is 1. The third-order valence-electron chi connectivity index (χ3n) is 6.17. The number of benzene rings is 1. The number of rotatable bonds is 5. The summed E-state index contributed by atoms with van der Waals surface area (Å²) in [7, 11) is 0. The largest absolute Gasteiger partial charge is 0.462 e. The van der Waals surface area contributed by atoms with Crippen LogP contribution < -0.4 is 5.32 Å². The van der Waals surface area contributed by atoms with Crippen LogP contribution in [0.4, 0.5) is 0 Å². The minimum Gasteiger partial charge on any atom is -0.462 e. The van der Waals surface area contributed by atoms with E-state index in [2.05, 4.69) is 17.4 Å². The molecule has 4 saturated carbocycles. The lowest BCUT2D eigenvalue weighted by Crippen LogP contribution is -2.58. The molecular weight excluding hydrogens is 286 g/mol. The van der Waals surface area contributed by atoms with Gasteiger partial charge in [-0.15, -0.1) is 0 Å². The van der Waals surface area contributed by atoms with Gasteiger partial charge in [0.05, 0.1) is 12.2 Å². The second-order valence-corrected chi connectivity index (χ2v) is 7.97. The van der Waals surface area contributed by atoms with Gasteiger partial charge in [0, 0.05) is 12.1 Å². The summed E-state index contributed by atoms with van der Waals surface area (Å²) in [5.41, 5.74) is 2.30. The zero-order valence-corrected chi connectivity index (χ0v) is 14.0. The van der Waals surface area contributed by atoms with E-state index in [0.29, 0.717) is 17.7 Å². The first-order chi connectivity index (χ1) is 11.2. The summed E-state index contributed by atoms with van der Waals surface area (Å²) < 4.78 is 5.04. The molecule has 0 spiro atoms. The standard InChI is InChI=1S/C20H27NO2/c1-2-23-19(22)18-5-3-14(4-6-18)13-21-20-10-15-7-16(11-20)9-17(8-15)12-20/h3-6,15-17,21H,2,7-13H2,1H3. The highest BCUT2D eigenvalue weighted by Gasteiger charge is 2.50. The number of hydrogen-bond acceptors (Lipinski definition) is 3.